The van der Waals surface area contributed by atoms with Crippen molar-refractivity contribution in [3.8, 4) is 22.8 Å². The van der Waals surface area contributed by atoms with Gasteiger partial charge in [-0.15, -0.1) is 0 Å². The highest BCUT2D eigenvalue weighted by molar-refractivity contribution is 6.09. The first kappa shape index (κ1) is 16.1. The van der Waals surface area contributed by atoms with Crippen LogP contribution in [0.3, 0.4) is 0 Å². The van der Waals surface area contributed by atoms with Crippen LogP contribution in [0.5, 0.6) is 11.5 Å². The maximum absolute atomic E-state index is 10.4. The summed E-state index contributed by atoms with van der Waals surface area (Å²) in [6.07, 6.45) is 3.10. The molecule has 0 saturated carbocycles. The van der Waals surface area contributed by atoms with Gasteiger partial charge in [-0.05, 0) is 65.3 Å². The van der Waals surface area contributed by atoms with Crippen molar-refractivity contribution in [1.29, 1.82) is 0 Å². The van der Waals surface area contributed by atoms with Crippen molar-refractivity contribution in [1.82, 2.24) is 4.98 Å². The van der Waals surface area contributed by atoms with Gasteiger partial charge in [0, 0.05) is 17.0 Å². The third-order valence-electron chi connectivity index (χ3n) is 5.77. The van der Waals surface area contributed by atoms with Gasteiger partial charge in [-0.3, -0.25) is 0 Å². The number of aromatic hydroxyl groups is 2. The fourth-order valence-electron chi connectivity index (χ4n) is 4.43. The fraction of sp³-hybridized carbons (Fsp3) is 0.208. The van der Waals surface area contributed by atoms with Gasteiger partial charge < -0.3 is 10.2 Å². The Kier molecular flexibility index (Phi) is 3.57. The zero-order valence-corrected chi connectivity index (χ0v) is 15.2. The van der Waals surface area contributed by atoms with Gasteiger partial charge in [0.2, 0.25) is 0 Å². The van der Waals surface area contributed by atoms with E-state index in [0.29, 0.717) is 11.5 Å². The van der Waals surface area contributed by atoms with Gasteiger partial charge in [0.25, 0.3) is 0 Å². The number of rotatable bonds is 1. The van der Waals surface area contributed by atoms with Crippen LogP contribution in [0.4, 0.5) is 0 Å². The van der Waals surface area contributed by atoms with E-state index in [9.17, 15) is 10.2 Å². The average Bonchev–Trinajstić information content (AvgIpc) is 2.67. The standard InChI is InChI=1S/C24H21NO2/c1-14-6-9-18-20(12-14)23-17-5-3-2-4-15(17)7-11-21(23)25-24(18)19-10-8-16(26)13-22(19)27/h2-5,7-8,10-11,13-14,26-27H,6,9,12H2,1H3/t14-/m1/s1. The van der Waals surface area contributed by atoms with Gasteiger partial charge in [-0.25, -0.2) is 4.98 Å². The van der Waals surface area contributed by atoms with Crippen LogP contribution in [-0.2, 0) is 12.8 Å². The van der Waals surface area contributed by atoms with Crippen molar-refractivity contribution < 1.29 is 10.2 Å². The van der Waals surface area contributed by atoms with Crippen LogP contribution in [0.2, 0.25) is 0 Å². The highest BCUT2D eigenvalue weighted by atomic mass is 16.3. The number of nitrogens with zero attached hydrogens (tertiary/aromatic N) is 1. The molecule has 3 aromatic carbocycles. The summed E-state index contributed by atoms with van der Waals surface area (Å²) in [5.74, 6) is 0.761. The average molecular weight is 355 g/mol. The summed E-state index contributed by atoms with van der Waals surface area (Å²) in [5, 5.41) is 23.8. The van der Waals surface area contributed by atoms with Gasteiger partial charge in [0.1, 0.15) is 11.5 Å². The van der Waals surface area contributed by atoms with E-state index in [-0.39, 0.29) is 11.5 Å². The van der Waals surface area contributed by atoms with Crippen molar-refractivity contribution in [2.45, 2.75) is 26.2 Å². The van der Waals surface area contributed by atoms with Crippen LogP contribution in [0, 0.1) is 5.92 Å². The number of aromatic nitrogens is 1. The maximum Gasteiger partial charge on any atom is 0.128 e. The summed E-state index contributed by atoms with van der Waals surface area (Å²) >= 11 is 0. The summed E-state index contributed by atoms with van der Waals surface area (Å²) in [6, 6.07) is 17.4. The van der Waals surface area contributed by atoms with E-state index in [1.54, 1.807) is 12.1 Å². The van der Waals surface area contributed by atoms with Crippen molar-refractivity contribution in [2.75, 3.05) is 0 Å². The Morgan fingerprint density at radius 1 is 0.963 bits per heavy atom. The third kappa shape index (κ3) is 2.54. The number of phenolic OH excluding ortho intramolecular Hbond substituents is 2. The highest BCUT2D eigenvalue weighted by Gasteiger charge is 2.24. The van der Waals surface area contributed by atoms with Crippen LogP contribution in [-0.4, -0.2) is 15.2 Å². The number of hydrogen-bond acceptors (Lipinski definition) is 3. The smallest absolute Gasteiger partial charge is 0.128 e. The Labute approximate surface area is 157 Å². The van der Waals surface area contributed by atoms with E-state index >= 15 is 0 Å². The largest absolute Gasteiger partial charge is 0.508 e. The molecule has 0 bridgehead atoms. The summed E-state index contributed by atoms with van der Waals surface area (Å²) in [6.45, 7) is 2.30. The second kappa shape index (κ2) is 5.98. The molecule has 1 aromatic heterocycles. The first-order chi connectivity index (χ1) is 13.1. The number of pyridine rings is 1. The predicted octanol–water partition coefficient (Wildman–Crippen LogP) is 5.59. The van der Waals surface area contributed by atoms with E-state index in [2.05, 4.69) is 43.3 Å². The minimum Gasteiger partial charge on any atom is -0.508 e. The van der Waals surface area contributed by atoms with Crippen molar-refractivity contribution in [3.05, 3.63) is 65.7 Å². The molecule has 1 atom stereocenters. The lowest BCUT2D eigenvalue weighted by molar-refractivity contribution is 0.451. The third-order valence-corrected chi connectivity index (χ3v) is 5.77. The van der Waals surface area contributed by atoms with Gasteiger partial charge >= 0.3 is 0 Å². The molecule has 2 N–H and O–H groups in total. The molecule has 27 heavy (non-hydrogen) atoms. The van der Waals surface area contributed by atoms with Gasteiger partial charge in [-0.1, -0.05) is 37.3 Å². The number of benzene rings is 3. The van der Waals surface area contributed by atoms with Gasteiger partial charge in [0.05, 0.1) is 11.2 Å². The van der Waals surface area contributed by atoms with Crippen LogP contribution >= 0.6 is 0 Å². The van der Waals surface area contributed by atoms with E-state index in [4.69, 9.17) is 4.98 Å². The normalized spacial score (nSPS) is 16.6. The first-order valence-corrected chi connectivity index (χ1v) is 9.47. The van der Waals surface area contributed by atoms with Crippen molar-refractivity contribution in [2.24, 2.45) is 5.92 Å². The van der Waals surface area contributed by atoms with E-state index < -0.39 is 0 Å². The van der Waals surface area contributed by atoms with Crippen LogP contribution < -0.4 is 0 Å². The Balaban J connectivity index is 1.90. The molecule has 3 nitrogen and oxygen atoms in total. The lowest BCUT2D eigenvalue weighted by atomic mass is 9.80. The van der Waals surface area contributed by atoms with Crippen molar-refractivity contribution in [3.63, 3.8) is 0 Å². The molecule has 0 amide bonds. The molecule has 0 spiro atoms. The molecule has 0 saturated heterocycles. The molecule has 1 aliphatic carbocycles. The van der Waals surface area contributed by atoms with Crippen molar-refractivity contribution >= 4 is 21.7 Å². The maximum atomic E-state index is 10.4. The Morgan fingerprint density at radius 3 is 2.67 bits per heavy atom. The molecule has 0 aliphatic heterocycles. The summed E-state index contributed by atoms with van der Waals surface area (Å²) < 4.78 is 0. The minimum absolute atomic E-state index is 0.0607. The molecular formula is C24H21NO2. The molecule has 1 aliphatic rings. The second-order valence-corrected chi connectivity index (χ2v) is 7.65. The molecule has 0 unspecified atom stereocenters. The SMILES string of the molecule is C[C@@H]1CCc2c(-c3ccc(O)cc3O)nc3ccc4ccccc4c3c2C1. The second-order valence-electron chi connectivity index (χ2n) is 7.65. The molecule has 134 valence electrons. The van der Waals surface area contributed by atoms with Gasteiger partial charge in [-0.2, -0.15) is 0 Å². The predicted molar refractivity (Wildman–Crippen MR) is 109 cm³/mol. The molecular weight excluding hydrogens is 334 g/mol. The number of phenols is 2. The summed E-state index contributed by atoms with van der Waals surface area (Å²) in [4.78, 5) is 4.98. The zero-order chi connectivity index (χ0) is 18.5. The van der Waals surface area contributed by atoms with Crippen LogP contribution in [0.1, 0.15) is 24.5 Å². The van der Waals surface area contributed by atoms with E-state index in [1.807, 2.05) is 0 Å². The number of hydrogen-bond donors (Lipinski definition) is 2. The first-order valence-electron chi connectivity index (χ1n) is 9.47. The quantitative estimate of drug-likeness (QED) is 0.438. The minimum atomic E-state index is 0.0607. The van der Waals surface area contributed by atoms with E-state index in [1.165, 1.54) is 33.4 Å². The summed E-state index contributed by atoms with van der Waals surface area (Å²) in [7, 11) is 0. The molecule has 5 rings (SSSR count). The molecule has 3 heteroatoms. The topological polar surface area (TPSA) is 53.4 Å². The Hall–Kier alpha value is -3.07. The Morgan fingerprint density at radius 2 is 1.81 bits per heavy atom. The lowest BCUT2D eigenvalue weighted by Crippen LogP contribution is -2.14. The van der Waals surface area contributed by atoms with Crippen LogP contribution in [0.15, 0.2) is 54.6 Å². The van der Waals surface area contributed by atoms with Crippen LogP contribution in [0.25, 0.3) is 32.9 Å². The molecule has 4 aromatic rings. The van der Waals surface area contributed by atoms with Gasteiger partial charge in [0.15, 0.2) is 0 Å². The zero-order valence-electron chi connectivity index (χ0n) is 15.2. The highest BCUT2D eigenvalue weighted by Crippen LogP contribution is 2.41. The molecule has 0 fully saturated rings. The fourth-order valence-corrected chi connectivity index (χ4v) is 4.43. The lowest BCUT2D eigenvalue weighted by Gasteiger charge is -2.26. The number of fused-ring (bicyclic) bond motifs is 5. The Bertz CT molecular complexity index is 1200. The molecule has 1 heterocycles. The monoisotopic (exact) mass is 355 g/mol. The summed E-state index contributed by atoms with van der Waals surface area (Å²) in [5.41, 5.74) is 5.09. The molecule has 0 radical (unpaired) electrons. The van der Waals surface area contributed by atoms with E-state index in [0.717, 1.165) is 30.5 Å².